The van der Waals surface area contributed by atoms with E-state index in [1.54, 1.807) is 13.8 Å². The van der Waals surface area contributed by atoms with Gasteiger partial charge in [0, 0.05) is 11.5 Å². The van der Waals surface area contributed by atoms with Crippen molar-refractivity contribution in [3.63, 3.8) is 0 Å². The topological polar surface area (TPSA) is 58.6 Å². The Hall–Kier alpha value is -0.870. The molecule has 0 aliphatic carbocycles. The van der Waals surface area contributed by atoms with Crippen molar-refractivity contribution in [3.8, 4) is 0 Å². The normalized spacial score (nSPS) is 15.0. The summed E-state index contributed by atoms with van der Waals surface area (Å²) in [7, 11) is 0. The van der Waals surface area contributed by atoms with Crippen LogP contribution in [0.2, 0.25) is 0 Å². The first-order valence-electron chi connectivity index (χ1n) is 4.65. The van der Waals surface area contributed by atoms with Gasteiger partial charge in [-0.15, -0.1) is 0 Å². The molecule has 0 spiro atoms. The van der Waals surface area contributed by atoms with Crippen LogP contribution in [0.4, 0.5) is 0 Å². The molecule has 4 nitrogen and oxygen atoms in total. The molecule has 2 unspecified atom stereocenters. The molecule has 0 aromatic carbocycles. The average molecular weight is 201 g/mol. The van der Waals surface area contributed by atoms with Gasteiger partial charge in [-0.25, -0.2) is 4.79 Å². The highest BCUT2D eigenvalue weighted by Crippen LogP contribution is 2.06. The van der Waals surface area contributed by atoms with Crippen LogP contribution in [0, 0.1) is 5.92 Å². The molecule has 0 aliphatic heterocycles. The molecule has 0 fully saturated rings. The van der Waals surface area contributed by atoms with Crippen LogP contribution in [0.1, 0.15) is 27.7 Å². The summed E-state index contributed by atoms with van der Waals surface area (Å²) in [6.45, 7) is 10.4. The van der Waals surface area contributed by atoms with Gasteiger partial charge in [-0.3, -0.25) is 5.32 Å². The summed E-state index contributed by atoms with van der Waals surface area (Å²) in [4.78, 5) is 11.2. The summed E-state index contributed by atoms with van der Waals surface area (Å²) in [6, 6.07) is 0. The summed E-state index contributed by atoms with van der Waals surface area (Å²) in [5.74, 6) is -0.357. The zero-order chi connectivity index (χ0) is 11.3. The fraction of sp³-hybridized carbons (Fsp3) is 0.700. The highest BCUT2D eigenvalue weighted by atomic mass is 16.6. The molecular formula is C10H19NO3. The third-order valence-corrected chi connectivity index (χ3v) is 1.59. The zero-order valence-corrected chi connectivity index (χ0v) is 9.20. The molecule has 0 rings (SSSR count). The first-order valence-corrected chi connectivity index (χ1v) is 4.65. The van der Waals surface area contributed by atoms with Crippen molar-refractivity contribution >= 4 is 5.97 Å². The molecule has 0 aromatic rings. The molecule has 2 N–H and O–H groups in total. The maximum absolute atomic E-state index is 11.2. The molecule has 4 heteroatoms. The van der Waals surface area contributed by atoms with Crippen LogP contribution < -0.4 is 5.32 Å². The molecule has 0 heterocycles. The van der Waals surface area contributed by atoms with Gasteiger partial charge in [-0.1, -0.05) is 20.4 Å². The lowest BCUT2D eigenvalue weighted by Crippen LogP contribution is -2.43. The van der Waals surface area contributed by atoms with E-state index in [9.17, 15) is 4.79 Å². The monoisotopic (exact) mass is 201 g/mol. The van der Waals surface area contributed by atoms with E-state index in [1.165, 1.54) is 0 Å². The molecule has 82 valence electrons. The summed E-state index contributed by atoms with van der Waals surface area (Å²) in [5.41, 5.74) is 0.350. The maximum atomic E-state index is 11.2. The van der Waals surface area contributed by atoms with Gasteiger partial charge in [0.15, 0.2) is 6.23 Å². The maximum Gasteiger partial charge on any atom is 0.334 e. The number of hydrogen-bond acceptors (Lipinski definition) is 4. The highest BCUT2D eigenvalue weighted by molar-refractivity contribution is 5.87. The predicted molar refractivity (Wildman–Crippen MR) is 54.3 cm³/mol. The van der Waals surface area contributed by atoms with Crippen LogP contribution in [0.3, 0.4) is 0 Å². The lowest BCUT2D eigenvalue weighted by Gasteiger charge is -2.24. The summed E-state index contributed by atoms with van der Waals surface area (Å²) in [5, 5.41) is 11.8. The highest BCUT2D eigenvalue weighted by Gasteiger charge is 2.19. The molecule has 0 bridgehead atoms. The van der Waals surface area contributed by atoms with Crippen molar-refractivity contribution < 1.29 is 14.6 Å². The largest absolute Gasteiger partial charge is 0.443 e. The Morgan fingerprint density at radius 3 is 2.21 bits per heavy atom. The third kappa shape index (κ3) is 4.99. The van der Waals surface area contributed by atoms with Gasteiger partial charge in [-0.2, -0.15) is 0 Å². The van der Waals surface area contributed by atoms with E-state index in [0.29, 0.717) is 5.57 Å². The van der Waals surface area contributed by atoms with Gasteiger partial charge in [0.05, 0.1) is 0 Å². The van der Waals surface area contributed by atoms with Crippen LogP contribution >= 0.6 is 0 Å². The molecule has 14 heavy (non-hydrogen) atoms. The fourth-order valence-electron chi connectivity index (χ4n) is 0.816. The number of ether oxygens (including phenoxy) is 1. The van der Waals surface area contributed by atoms with E-state index >= 15 is 0 Å². The minimum atomic E-state index is -0.708. The minimum Gasteiger partial charge on any atom is -0.443 e. The first-order chi connectivity index (χ1) is 6.34. The van der Waals surface area contributed by atoms with E-state index in [2.05, 4.69) is 11.9 Å². The summed E-state index contributed by atoms with van der Waals surface area (Å²) in [6.07, 6.45) is -1.19. The number of aliphatic hydroxyl groups excluding tert-OH is 1. The summed E-state index contributed by atoms with van der Waals surface area (Å²) < 4.78 is 5.07. The minimum absolute atomic E-state index is 0.0906. The van der Waals surface area contributed by atoms with Gasteiger partial charge in [0.1, 0.15) is 6.23 Å². The molecule has 0 radical (unpaired) electrons. The van der Waals surface area contributed by atoms with E-state index in [1.807, 2.05) is 13.8 Å². The number of esters is 1. The molecule has 2 atom stereocenters. The zero-order valence-electron chi connectivity index (χ0n) is 9.20. The Morgan fingerprint density at radius 1 is 1.43 bits per heavy atom. The van der Waals surface area contributed by atoms with Crippen molar-refractivity contribution in [1.29, 1.82) is 0 Å². The van der Waals surface area contributed by atoms with Crippen molar-refractivity contribution in [2.24, 2.45) is 5.92 Å². The van der Waals surface area contributed by atoms with Crippen molar-refractivity contribution in [1.82, 2.24) is 5.32 Å². The number of hydrogen-bond donors (Lipinski definition) is 2. The standard InChI is InChI=1S/C10H19NO3/c1-6(2)9(11-8(5)12)14-10(13)7(3)4/h6,8-9,11-12H,3H2,1-2,4-5H3. The lowest BCUT2D eigenvalue weighted by molar-refractivity contribution is -0.150. The van der Waals surface area contributed by atoms with Crippen LogP contribution in [0.15, 0.2) is 12.2 Å². The Bertz CT molecular complexity index is 211. The van der Waals surface area contributed by atoms with Crippen LogP contribution in [-0.2, 0) is 9.53 Å². The second kappa shape index (κ2) is 5.78. The van der Waals surface area contributed by atoms with Crippen LogP contribution in [0.25, 0.3) is 0 Å². The van der Waals surface area contributed by atoms with E-state index in [-0.39, 0.29) is 5.92 Å². The molecule has 0 amide bonds. The molecule has 0 saturated heterocycles. The Balaban J connectivity index is 4.23. The predicted octanol–water partition coefficient (Wildman–Crippen LogP) is 1.02. The number of carbonyl (C=O) groups is 1. The molecular weight excluding hydrogens is 182 g/mol. The average Bonchev–Trinajstić information content (AvgIpc) is 2.01. The van der Waals surface area contributed by atoms with E-state index in [4.69, 9.17) is 9.84 Å². The number of rotatable bonds is 5. The smallest absolute Gasteiger partial charge is 0.334 e. The van der Waals surface area contributed by atoms with Gasteiger partial charge >= 0.3 is 5.97 Å². The quantitative estimate of drug-likeness (QED) is 0.396. The van der Waals surface area contributed by atoms with E-state index in [0.717, 1.165) is 0 Å². The second-order valence-corrected chi connectivity index (χ2v) is 3.69. The lowest BCUT2D eigenvalue weighted by atomic mass is 10.2. The van der Waals surface area contributed by atoms with Gasteiger partial charge in [0.25, 0.3) is 0 Å². The van der Waals surface area contributed by atoms with Crippen molar-refractivity contribution in [2.45, 2.75) is 40.2 Å². The van der Waals surface area contributed by atoms with Crippen molar-refractivity contribution in [3.05, 3.63) is 12.2 Å². The molecule has 0 aromatic heterocycles. The van der Waals surface area contributed by atoms with E-state index < -0.39 is 18.4 Å². The first kappa shape index (κ1) is 13.1. The SMILES string of the molecule is C=C(C)C(=O)OC(NC(C)O)C(C)C. The Kier molecular flexibility index (Phi) is 5.42. The Morgan fingerprint density at radius 2 is 1.93 bits per heavy atom. The molecule has 0 saturated carbocycles. The number of aliphatic hydroxyl groups is 1. The number of nitrogens with one attached hydrogen (secondary N) is 1. The Labute approximate surface area is 85.0 Å². The number of carbonyl (C=O) groups excluding carboxylic acids is 1. The van der Waals surface area contributed by atoms with Crippen LogP contribution in [0.5, 0.6) is 0 Å². The van der Waals surface area contributed by atoms with Crippen molar-refractivity contribution in [2.75, 3.05) is 0 Å². The molecule has 0 aliphatic rings. The van der Waals surface area contributed by atoms with Gasteiger partial charge in [0.2, 0.25) is 0 Å². The van der Waals surface area contributed by atoms with Gasteiger partial charge in [-0.05, 0) is 13.8 Å². The second-order valence-electron chi connectivity index (χ2n) is 3.69. The van der Waals surface area contributed by atoms with Crippen LogP contribution in [-0.4, -0.2) is 23.5 Å². The van der Waals surface area contributed by atoms with Gasteiger partial charge < -0.3 is 9.84 Å². The third-order valence-electron chi connectivity index (χ3n) is 1.59. The fourth-order valence-corrected chi connectivity index (χ4v) is 0.816. The summed E-state index contributed by atoms with van der Waals surface area (Å²) >= 11 is 0.